The number of amides is 1. The van der Waals surface area contributed by atoms with E-state index in [0.29, 0.717) is 5.13 Å². The summed E-state index contributed by atoms with van der Waals surface area (Å²) in [5.41, 5.74) is 2.79. The van der Waals surface area contributed by atoms with E-state index in [-0.39, 0.29) is 5.91 Å². The van der Waals surface area contributed by atoms with Crippen LogP contribution in [0.25, 0.3) is 16.3 Å². The van der Waals surface area contributed by atoms with Gasteiger partial charge in [-0.3, -0.25) is 9.69 Å². The van der Waals surface area contributed by atoms with Gasteiger partial charge in [0.25, 0.3) is 5.91 Å². The highest BCUT2D eigenvalue weighted by Gasteiger charge is 2.21. The standard InChI is InChI=1S/C21H16N2OS2/c1-15-7-2-4-10-18(15)23(20(24)13-12-16-8-6-14-25-16)21-22-17-9-3-5-11-19(17)26-21/h2-14H,1H3/b13-12+. The molecule has 4 rings (SSSR count). The van der Waals surface area contributed by atoms with Crippen molar-refractivity contribution >= 4 is 55.7 Å². The second kappa shape index (κ2) is 7.23. The Bertz CT molecular complexity index is 1050. The highest BCUT2D eigenvalue weighted by atomic mass is 32.1. The van der Waals surface area contributed by atoms with Crippen molar-refractivity contribution in [3.63, 3.8) is 0 Å². The van der Waals surface area contributed by atoms with E-state index in [4.69, 9.17) is 0 Å². The van der Waals surface area contributed by atoms with Crippen LogP contribution in [-0.4, -0.2) is 10.9 Å². The first-order chi connectivity index (χ1) is 12.7. The number of benzene rings is 2. The highest BCUT2D eigenvalue weighted by Crippen LogP contribution is 2.35. The molecule has 0 fully saturated rings. The van der Waals surface area contributed by atoms with Gasteiger partial charge in [0.1, 0.15) is 0 Å². The first-order valence-electron chi connectivity index (χ1n) is 8.19. The molecular formula is C21H16N2OS2. The number of carbonyl (C=O) groups excluding carboxylic acids is 1. The molecule has 2 aromatic heterocycles. The predicted molar refractivity (Wildman–Crippen MR) is 111 cm³/mol. The third kappa shape index (κ3) is 3.31. The van der Waals surface area contributed by atoms with Crippen molar-refractivity contribution in [2.45, 2.75) is 6.92 Å². The monoisotopic (exact) mass is 376 g/mol. The summed E-state index contributed by atoms with van der Waals surface area (Å²) >= 11 is 3.13. The summed E-state index contributed by atoms with van der Waals surface area (Å²) in [6, 6.07) is 19.8. The highest BCUT2D eigenvalue weighted by molar-refractivity contribution is 7.22. The Balaban J connectivity index is 1.79. The molecule has 0 aliphatic carbocycles. The number of aryl methyl sites for hydroxylation is 1. The van der Waals surface area contributed by atoms with Crippen LogP contribution in [0.2, 0.25) is 0 Å². The van der Waals surface area contributed by atoms with E-state index in [1.54, 1.807) is 22.3 Å². The maximum Gasteiger partial charge on any atom is 0.257 e. The molecule has 2 aromatic carbocycles. The fourth-order valence-electron chi connectivity index (χ4n) is 2.70. The van der Waals surface area contributed by atoms with Crippen molar-refractivity contribution in [3.05, 3.63) is 82.6 Å². The molecule has 0 atom stereocenters. The Morgan fingerprint density at radius 1 is 1.04 bits per heavy atom. The van der Waals surface area contributed by atoms with Crippen LogP contribution >= 0.6 is 22.7 Å². The summed E-state index contributed by atoms with van der Waals surface area (Å²) in [6.07, 6.45) is 3.47. The van der Waals surface area contributed by atoms with Gasteiger partial charge in [-0.15, -0.1) is 11.3 Å². The molecule has 0 bridgehead atoms. The molecule has 0 unspecified atom stereocenters. The lowest BCUT2D eigenvalue weighted by atomic mass is 10.2. The molecule has 0 saturated heterocycles. The van der Waals surface area contributed by atoms with E-state index in [9.17, 15) is 4.79 Å². The van der Waals surface area contributed by atoms with E-state index >= 15 is 0 Å². The molecule has 2 heterocycles. The van der Waals surface area contributed by atoms with Gasteiger partial charge in [-0.05, 0) is 48.2 Å². The van der Waals surface area contributed by atoms with Crippen LogP contribution in [0.3, 0.4) is 0 Å². The van der Waals surface area contributed by atoms with E-state index in [2.05, 4.69) is 4.98 Å². The second-order valence-corrected chi connectivity index (χ2v) is 7.76. The maximum atomic E-state index is 13.1. The van der Waals surface area contributed by atoms with Crippen LogP contribution in [0.4, 0.5) is 10.8 Å². The summed E-state index contributed by atoms with van der Waals surface area (Å²) < 4.78 is 1.07. The van der Waals surface area contributed by atoms with E-state index in [0.717, 1.165) is 26.3 Å². The van der Waals surface area contributed by atoms with Gasteiger partial charge < -0.3 is 0 Å². The van der Waals surface area contributed by atoms with Gasteiger partial charge in [-0.1, -0.05) is 47.7 Å². The van der Waals surface area contributed by atoms with E-state index in [1.807, 2.05) is 79.0 Å². The van der Waals surface area contributed by atoms with Gasteiger partial charge in [0, 0.05) is 11.0 Å². The Morgan fingerprint density at radius 3 is 2.62 bits per heavy atom. The van der Waals surface area contributed by atoms with Crippen molar-refractivity contribution in [3.8, 4) is 0 Å². The Morgan fingerprint density at radius 2 is 1.85 bits per heavy atom. The van der Waals surface area contributed by atoms with Crippen LogP contribution in [0.1, 0.15) is 10.4 Å². The zero-order chi connectivity index (χ0) is 17.9. The molecule has 128 valence electrons. The number of fused-ring (bicyclic) bond motifs is 1. The average molecular weight is 377 g/mol. The molecule has 1 amide bonds. The van der Waals surface area contributed by atoms with E-state index < -0.39 is 0 Å². The molecule has 26 heavy (non-hydrogen) atoms. The number of thiophene rings is 1. The molecule has 0 aliphatic heterocycles. The van der Waals surface area contributed by atoms with Crippen molar-refractivity contribution in [1.82, 2.24) is 4.98 Å². The topological polar surface area (TPSA) is 33.2 Å². The summed E-state index contributed by atoms with van der Waals surface area (Å²) in [4.78, 5) is 20.5. The molecule has 0 radical (unpaired) electrons. The number of rotatable bonds is 4. The van der Waals surface area contributed by atoms with Crippen LogP contribution in [0, 0.1) is 6.92 Å². The number of hydrogen-bond acceptors (Lipinski definition) is 4. The Labute approximate surface area is 159 Å². The fraction of sp³-hybridized carbons (Fsp3) is 0.0476. The minimum atomic E-state index is -0.105. The Kier molecular flexibility index (Phi) is 4.65. The van der Waals surface area contributed by atoms with Gasteiger partial charge >= 0.3 is 0 Å². The third-order valence-electron chi connectivity index (χ3n) is 3.98. The van der Waals surface area contributed by atoms with Crippen molar-refractivity contribution < 1.29 is 4.79 Å². The summed E-state index contributed by atoms with van der Waals surface area (Å²) in [5, 5.41) is 2.68. The number of anilines is 2. The van der Waals surface area contributed by atoms with Gasteiger partial charge in [-0.25, -0.2) is 4.98 Å². The molecular weight excluding hydrogens is 360 g/mol. The minimum absolute atomic E-state index is 0.105. The lowest BCUT2D eigenvalue weighted by Crippen LogP contribution is -2.24. The second-order valence-electron chi connectivity index (χ2n) is 5.77. The lowest BCUT2D eigenvalue weighted by molar-refractivity contribution is -0.113. The van der Waals surface area contributed by atoms with Crippen molar-refractivity contribution in [1.29, 1.82) is 0 Å². The number of hydrogen-bond donors (Lipinski definition) is 0. The smallest absolute Gasteiger partial charge is 0.257 e. The molecule has 3 nitrogen and oxygen atoms in total. The van der Waals surface area contributed by atoms with Gasteiger partial charge in [0.2, 0.25) is 0 Å². The molecule has 0 aliphatic rings. The first-order valence-corrected chi connectivity index (χ1v) is 9.89. The number of nitrogens with zero attached hydrogens (tertiary/aromatic N) is 2. The summed E-state index contributed by atoms with van der Waals surface area (Å²) in [5.74, 6) is -0.105. The third-order valence-corrected chi connectivity index (χ3v) is 5.84. The molecule has 0 saturated carbocycles. The molecule has 0 spiro atoms. The SMILES string of the molecule is Cc1ccccc1N(C(=O)/C=C/c1cccs1)c1nc2ccccc2s1. The van der Waals surface area contributed by atoms with Crippen LogP contribution < -0.4 is 4.90 Å². The van der Waals surface area contributed by atoms with Crippen LogP contribution in [0.15, 0.2) is 72.1 Å². The molecule has 0 N–H and O–H groups in total. The molecule has 4 aromatic rings. The fourth-order valence-corrected chi connectivity index (χ4v) is 4.30. The van der Waals surface area contributed by atoms with Gasteiger partial charge in [0.05, 0.1) is 15.9 Å². The predicted octanol–water partition coefficient (Wildman–Crippen LogP) is 6.04. The average Bonchev–Trinajstić information content (AvgIpc) is 3.31. The summed E-state index contributed by atoms with van der Waals surface area (Å²) in [6.45, 7) is 2.01. The number of para-hydroxylation sites is 2. The lowest BCUT2D eigenvalue weighted by Gasteiger charge is -2.20. The quantitative estimate of drug-likeness (QED) is 0.407. The van der Waals surface area contributed by atoms with Crippen molar-refractivity contribution in [2.75, 3.05) is 4.90 Å². The maximum absolute atomic E-state index is 13.1. The van der Waals surface area contributed by atoms with Crippen molar-refractivity contribution in [2.24, 2.45) is 0 Å². The van der Waals surface area contributed by atoms with Crippen LogP contribution in [-0.2, 0) is 4.79 Å². The first kappa shape index (κ1) is 16.7. The normalized spacial score (nSPS) is 11.3. The molecule has 5 heteroatoms. The zero-order valence-corrected chi connectivity index (χ0v) is 15.8. The summed E-state index contributed by atoms with van der Waals surface area (Å²) in [7, 11) is 0. The van der Waals surface area contributed by atoms with Gasteiger partial charge in [-0.2, -0.15) is 0 Å². The number of thiazole rings is 1. The number of aromatic nitrogens is 1. The minimum Gasteiger partial charge on any atom is -0.269 e. The zero-order valence-electron chi connectivity index (χ0n) is 14.1. The van der Waals surface area contributed by atoms with E-state index in [1.165, 1.54) is 11.3 Å². The van der Waals surface area contributed by atoms with Gasteiger partial charge in [0.15, 0.2) is 5.13 Å². The number of carbonyl (C=O) groups is 1. The Hall–Kier alpha value is -2.76. The van der Waals surface area contributed by atoms with Crippen LogP contribution in [0.5, 0.6) is 0 Å². The largest absolute Gasteiger partial charge is 0.269 e.